The Labute approximate surface area is 167 Å². The van der Waals surface area contributed by atoms with E-state index in [1.807, 2.05) is 12.1 Å². The Kier molecular flexibility index (Phi) is 5.87. The summed E-state index contributed by atoms with van der Waals surface area (Å²) in [5, 5.41) is 22.2. The molecule has 0 aliphatic carbocycles. The fraction of sp³-hybridized carbons (Fsp3) is 0.188. The lowest BCUT2D eigenvalue weighted by Crippen LogP contribution is -2.15. The number of aromatic nitrogens is 4. The van der Waals surface area contributed by atoms with Crippen LogP contribution in [0.5, 0.6) is 0 Å². The molecule has 1 aromatic carbocycles. The smallest absolute Gasteiger partial charge is 0.358 e. The highest BCUT2D eigenvalue weighted by Gasteiger charge is 2.19. The Bertz CT molecular complexity index is 969. The molecule has 2 heterocycles. The minimum atomic E-state index is -0.589. The maximum absolute atomic E-state index is 12.1. The van der Waals surface area contributed by atoms with Crippen LogP contribution in [0.25, 0.3) is 0 Å². The highest BCUT2D eigenvalue weighted by atomic mass is 79.9. The van der Waals surface area contributed by atoms with E-state index in [-0.39, 0.29) is 29.2 Å². The average molecular weight is 454 g/mol. The van der Waals surface area contributed by atoms with E-state index in [0.717, 1.165) is 5.56 Å². The predicted octanol–water partition coefficient (Wildman–Crippen LogP) is 3.48. The van der Waals surface area contributed by atoms with Gasteiger partial charge in [0.25, 0.3) is 0 Å². The molecule has 3 aromatic rings. The van der Waals surface area contributed by atoms with E-state index in [1.54, 1.807) is 29.1 Å². The Hall–Kier alpha value is -2.72. The van der Waals surface area contributed by atoms with Gasteiger partial charge in [0.15, 0.2) is 5.82 Å². The molecule has 2 aromatic heterocycles. The summed E-state index contributed by atoms with van der Waals surface area (Å²) in [5.74, 6) is -0.112. The van der Waals surface area contributed by atoms with Crippen molar-refractivity contribution in [2.24, 2.45) is 0 Å². The Balaban J connectivity index is 1.52. The van der Waals surface area contributed by atoms with Crippen LogP contribution in [0.4, 0.5) is 11.6 Å². The third-order valence-corrected chi connectivity index (χ3v) is 4.42. The topological polar surface area (TPSA) is 108 Å². The van der Waals surface area contributed by atoms with E-state index >= 15 is 0 Å². The highest BCUT2D eigenvalue weighted by Crippen LogP contribution is 2.22. The zero-order chi connectivity index (χ0) is 19.4. The van der Waals surface area contributed by atoms with Gasteiger partial charge < -0.3 is 15.4 Å². The van der Waals surface area contributed by atoms with Crippen LogP contribution in [-0.4, -0.2) is 30.4 Å². The summed E-state index contributed by atoms with van der Waals surface area (Å²) in [7, 11) is 0. The fourth-order valence-electron chi connectivity index (χ4n) is 2.34. The predicted molar refractivity (Wildman–Crippen MR) is 103 cm³/mol. The molecule has 0 radical (unpaired) electrons. The maximum Gasteiger partial charge on any atom is 0.404 e. The molecular weight excluding hydrogens is 440 g/mol. The summed E-state index contributed by atoms with van der Waals surface area (Å²) in [6, 6.07) is 9.12. The largest absolute Gasteiger partial charge is 0.404 e. The molecule has 140 valence electrons. The minimum Gasteiger partial charge on any atom is -0.358 e. The number of benzene rings is 1. The third kappa shape index (κ3) is 5.14. The Morgan fingerprint density at radius 3 is 2.63 bits per heavy atom. The molecular formula is C16H14BrClN6O3. The number of nitrogens with one attached hydrogen (secondary N) is 1. The van der Waals surface area contributed by atoms with Crippen LogP contribution in [0, 0.1) is 10.1 Å². The van der Waals surface area contributed by atoms with Crippen LogP contribution in [0.15, 0.2) is 47.2 Å². The number of hydrogen-bond acceptors (Lipinski definition) is 5. The molecule has 0 aliphatic rings. The number of rotatable bonds is 7. The van der Waals surface area contributed by atoms with E-state index in [9.17, 15) is 14.9 Å². The zero-order valence-electron chi connectivity index (χ0n) is 13.9. The number of nitrogens with zero attached hydrogens (tertiary/aromatic N) is 5. The van der Waals surface area contributed by atoms with Gasteiger partial charge in [-0.05, 0) is 38.5 Å². The van der Waals surface area contributed by atoms with Crippen LogP contribution in [0.1, 0.15) is 12.0 Å². The average Bonchev–Trinajstić information content (AvgIpc) is 3.21. The molecule has 0 spiro atoms. The molecule has 9 nitrogen and oxygen atoms in total. The standard InChI is InChI=1S/C16H14BrClN6O3/c17-13-10-23(21-16(13)24(26)27)8-6-15(25)19-14-5-7-22(20-14)9-11-1-3-12(18)4-2-11/h1-5,7,10H,6,8-9H2,(H,19,20,25). The molecule has 0 fully saturated rings. The lowest BCUT2D eigenvalue weighted by molar-refractivity contribution is -0.390. The first-order chi connectivity index (χ1) is 12.9. The molecule has 27 heavy (non-hydrogen) atoms. The summed E-state index contributed by atoms with van der Waals surface area (Å²) in [6.07, 6.45) is 3.33. The van der Waals surface area contributed by atoms with E-state index in [1.165, 1.54) is 10.9 Å². The third-order valence-electron chi connectivity index (χ3n) is 3.61. The van der Waals surface area contributed by atoms with Crippen molar-refractivity contribution in [2.75, 3.05) is 5.32 Å². The molecule has 1 N–H and O–H groups in total. The van der Waals surface area contributed by atoms with Gasteiger partial charge in [-0.15, -0.1) is 0 Å². The number of halogens is 2. The van der Waals surface area contributed by atoms with Crippen LogP contribution in [-0.2, 0) is 17.9 Å². The van der Waals surface area contributed by atoms with Crippen molar-refractivity contribution in [3.05, 3.63) is 67.9 Å². The van der Waals surface area contributed by atoms with Crippen LogP contribution < -0.4 is 5.32 Å². The van der Waals surface area contributed by atoms with Crippen LogP contribution in [0.3, 0.4) is 0 Å². The molecule has 0 saturated carbocycles. The monoisotopic (exact) mass is 452 g/mol. The maximum atomic E-state index is 12.1. The molecule has 0 aliphatic heterocycles. The molecule has 0 saturated heterocycles. The van der Waals surface area contributed by atoms with Gasteiger partial charge in [0.2, 0.25) is 5.91 Å². The Morgan fingerprint density at radius 1 is 1.22 bits per heavy atom. The van der Waals surface area contributed by atoms with Gasteiger partial charge >= 0.3 is 5.82 Å². The van der Waals surface area contributed by atoms with E-state index in [4.69, 9.17) is 11.6 Å². The second-order valence-corrected chi connectivity index (χ2v) is 6.93. The number of amides is 1. The first-order valence-corrected chi connectivity index (χ1v) is 9.03. The summed E-state index contributed by atoms with van der Waals surface area (Å²) in [6.45, 7) is 0.766. The van der Waals surface area contributed by atoms with Crippen molar-refractivity contribution in [2.45, 2.75) is 19.5 Å². The highest BCUT2D eigenvalue weighted by molar-refractivity contribution is 9.10. The van der Waals surface area contributed by atoms with Gasteiger partial charge in [-0.1, -0.05) is 23.7 Å². The molecule has 3 rings (SSSR count). The number of carbonyl (C=O) groups is 1. The SMILES string of the molecule is O=C(CCn1cc(Br)c([N+](=O)[O-])n1)Nc1ccn(Cc2ccc(Cl)cc2)n1. The fourth-order valence-corrected chi connectivity index (χ4v) is 2.93. The second kappa shape index (κ2) is 8.31. The molecule has 0 bridgehead atoms. The Morgan fingerprint density at radius 2 is 1.96 bits per heavy atom. The van der Waals surface area contributed by atoms with Gasteiger partial charge in [-0.3, -0.25) is 9.48 Å². The van der Waals surface area contributed by atoms with E-state index in [2.05, 4.69) is 31.4 Å². The normalized spacial score (nSPS) is 10.7. The summed E-state index contributed by atoms with van der Waals surface area (Å²) in [5.41, 5.74) is 1.03. The first kappa shape index (κ1) is 19.1. The van der Waals surface area contributed by atoms with Crippen molar-refractivity contribution in [3.63, 3.8) is 0 Å². The van der Waals surface area contributed by atoms with Gasteiger partial charge in [0.1, 0.15) is 4.47 Å². The van der Waals surface area contributed by atoms with Crippen molar-refractivity contribution < 1.29 is 9.72 Å². The van der Waals surface area contributed by atoms with E-state index in [0.29, 0.717) is 17.4 Å². The van der Waals surface area contributed by atoms with Gasteiger partial charge in [-0.2, -0.15) is 9.78 Å². The summed E-state index contributed by atoms with van der Waals surface area (Å²) < 4.78 is 3.32. The minimum absolute atomic E-state index is 0.106. The number of hydrogen-bond donors (Lipinski definition) is 1. The van der Waals surface area contributed by atoms with Crippen molar-refractivity contribution >= 4 is 45.1 Å². The molecule has 1 amide bonds. The van der Waals surface area contributed by atoms with Crippen molar-refractivity contribution in [1.29, 1.82) is 0 Å². The molecule has 0 unspecified atom stereocenters. The number of carbonyl (C=O) groups excluding carboxylic acids is 1. The van der Waals surface area contributed by atoms with Gasteiger partial charge in [0.05, 0.1) is 24.4 Å². The quantitative estimate of drug-likeness (QED) is 0.435. The second-order valence-electron chi connectivity index (χ2n) is 5.64. The van der Waals surface area contributed by atoms with Gasteiger partial charge in [-0.25, -0.2) is 0 Å². The number of nitro groups is 1. The summed E-state index contributed by atoms with van der Waals surface area (Å²) in [4.78, 5) is 22.2. The van der Waals surface area contributed by atoms with Crippen LogP contribution >= 0.6 is 27.5 Å². The number of aryl methyl sites for hydroxylation is 1. The molecule has 0 atom stereocenters. The lowest BCUT2D eigenvalue weighted by Gasteiger charge is -2.03. The van der Waals surface area contributed by atoms with E-state index < -0.39 is 4.92 Å². The molecule has 11 heteroatoms. The lowest BCUT2D eigenvalue weighted by atomic mass is 10.2. The summed E-state index contributed by atoms with van der Waals surface area (Å²) >= 11 is 8.93. The van der Waals surface area contributed by atoms with Crippen molar-refractivity contribution in [3.8, 4) is 0 Å². The number of anilines is 1. The first-order valence-electron chi connectivity index (χ1n) is 7.86. The van der Waals surface area contributed by atoms with Gasteiger partial charge in [0, 0.05) is 23.7 Å². The van der Waals surface area contributed by atoms with Crippen LogP contribution in [0.2, 0.25) is 5.02 Å². The van der Waals surface area contributed by atoms with Crippen molar-refractivity contribution in [1.82, 2.24) is 19.6 Å². The zero-order valence-corrected chi connectivity index (χ0v) is 16.2.